The van der Waals surface area contributed by atoms with Crippen molar-refractivity contribution in [3.63, 3.8) is 0 Å². The molecule has 6 heteroatoms. The second-order valence-corrected chi connectivity index (χ2v) is 7.95. The first-order chi connectivity index (χ1) is 13.7. The lowest BCUT2D eigenvalue weighted by molar-refractivity contribution is -0.137. The van der Waals surface area contributed by atoms with E-state index in [0.717, 1.165) is 39.6 Å². The number of halogens is 3. The lowest BCUT2D eigenvalue weighted by Gasteiger charge is -2.11. The van der Waals surface area contributed by atoms with Crippen molar-refractivity contribution in [2.45, 2.75) is 40.5 Å². The summed E-state index contributed by atoms with van der Waals surface area (Å²) in [6, 6.07) is 9.20. The predicted octanol–water partition coefficient (Wildman–Crippen LogP) is 7.37. The third kappa shape index (κ3) is 4.88. The van der Waals surface area contributed by atoms with Crippen LogP contribution >= 0.6 is 11.3 Å². The molecule has 0 spiro atoms. The van der Waals surface area contributed by atoms with Crippen LogP contribution in [0, 0.1) is 20.8 Å². The zero-order valence-electron chi connectivity index (χ0n) is 16.7. The molecule has 0 N–H and O–H groups in total. The number of hydrogen-bond acceptors (Lipinski definition) is 3. The van der Waals surface area contributed by atoms with Gasteiger partial charge in [0.15, 0.2) is 0 Å². The summed E-state index contributed by atoms with van der Waals surface area (Å²) in [6.07, 6.45) is -0.304. The molecule has 2 aromatic carbocycles. The predicted molar refractivity (Wildman–Crippen MR) is 112 cm³/mol. The van der Waals surface area contributed by atoms with Gasteiger partial charge in [-0.15, -0.1) is 11.3 Å². The third-order valence-electron chi connectivity index (χ3n) is 4.62. The van der Waals surface area contributed by atoms with Crippen LogP contribution in [0.4, 0.5) is 13.2 Å². The molecule has 2 nitrogen and oxygen atoms in total. The Hall–Kier alpha value is -2.60. The summed E-state index contributed by atoms with van der Waals surface area (Å²) in [6.45, 7) is 8.30. The summed E-state index contributed by atoms with van der Waals surface area (Å²) in [5, 5.41) is 0.685. The van der Waals surface area contributed by atoms with Gasteiger partial charge in [-0.05, 0) is 62.6 Å². The third-order valence-corrected chi connectivity index (χ3v) is 5.80. The Morgan fingerprint density at radius 3 is 2.34 bits per heavy atom. The van der Waals surface area contributed by atoms with Crippen LogP contribution in [-0.4, -0.2) is 4.98 Å². The van der Waals surface area contributed by atoms with Crippen LogP contribution in [0.15, 0.2) is 42.5 Å². The van der Waals surface area contributed by atoms with Gasteiger partial charge in [0.1, 0.15) is 17.4 Å². The first kappa shape index (κ1) is 21.1. The van der Waals surface area contributed by atoms with Gasteiger partial charge in [-0.25, -0.2) is 4.98 Å². The maximum Gasteiger partial charge on any atom is 0.416 e. The van der Waals surface area contributed by atoms with Crippen LogP contribution in [0.1, 0.15) is 39.7 Å². The molecule has 1 heterocycles. The monoisotopic (exact) mass is 417 g/mol. The number of thiazole rings is 1. The van der Waals surface area contributed by atoms with E-state index >= 15 is 0 Å². The number of ether oxygens (including phenoxy) is 1. The molecule has 0 saturated heterocycles. The summed E-state index contributed by atoms with van der Waals surface area (Å²) < 4.78 is 44.3. The molecule has 0 amide bonds. The number of alkyl halides is 3. The van der Waals surface area contributed by atoms with Crippen molar-refractivity contribution in [1.29, 1.82) is 0 Å². The first-order valence-electron chi connectivity index (χ1n) is 9.19. The van der Waals surface area contributed by atoms with E-state index in [9.17, 15) is 13.2 Å². The van der Waals surface area contributed by atoms with E-state index < -0.39 is 11.7 Å². The molecule has 0 aliphatic carbocycles. The number of rotatable bonds is 5. The van der Waals surface area contributed by atoms with Gasteiger partial charge in [0.2, 0.25) is 0 Å². The van der Waals surface area contributed by atoms with Gasteiger partial charge in [-0.3, -0.25) is 0 Å². The average Bonchev–Trinajstić information content (AvgIpc) is 3.03. The number of allylic oxidation sites excluding steroid dienone is 1. The normalized spacial score (nSPS) is 12.0. The topological polar surface area (TPSA) is 22.1 Å². The van der Waals surface area contributed by atoms with E-state index in [4.69, 9.17) is 4.74 Å². The quantitative estimate of drug-likeness (QED) is 0.432. The molecule has 0 aliphatic heterocycles. The Labute approximate surface area is 172 Å². The lowest BCUT2D eigenvalue weighted by atomic mass is 10.0. The zero-order chi connectivity index (χ0) is 21.2. The number of aromatic nitrogens is 1. The van der Waals surface area contributed by atoms with E-state index in [-0.39, 0.29) is 0 Å². The smallest absolute Gasteiger partial charge is 0.416 e. The van der Waals surface area contributed by atoms with Gasteiger partial charge >= 0.3 is 6.18 Å². The van der Waals surface area contributed by atoms with Gasteiger partial charge in [0.05, 0.1) is 16.1 Å². The molecule has 29 heavy (non-hydrogen) atoms. The molecule has 0 saturated carbocycles. The maximum absolute atomic E-state index is 12.8. The standard InChI is InChI=1S/C23H22F3NOS/c1-5-6-18-12-20(15(3)11-14(18)2)28-13-21-16(4)27-22(29-21)17-7-9-19(10-8-17)23(24,25)26/h5-12H,13H2,1-4H3/b6-5-. The van der Waals surface area contributed by atoms with E-state index in [1.807, 2.05) is 39.0 Å². The minimum absolute atomic E-state index is 0.364. The summed E-state index contributed by atoms with van der Waals surface area (Å²) in [5.74, 6) is 0.813. The van der Waals surface area contributed by atoms with Crippen LogP contribution in [0.5, 0.6) is 5.75 Å². The molecular formula is C23H22F3NOS. The number of aryl methyl sites for hydroxylation is 3. The molecule has 0 atom stereocenters. The van der Waals surface area contributed by atoms with Crippen LogP contribution in [0.3, 0.4) is 0 Å². The van der Waals surface area contributed by atoms with Gasteiger partial charge in [-0.2, -0.15) is 13.2 Å². The average molecular weight is 417 g/mol. The molecular weight excluding hydrogens is 395 g/mol. The second kappa shape index (κ2) is 8.41. The van der Waals surface area contributed by atoms with Crippen molar-refractivity contribution in [3.05, 3.63) is 75.3 Å². The molecule has 0 fully saturated rings. The Balaban J connectivity index is 1.79. The van der Waals surface area contributed by atoms with Crippen LogP contribution < -0.4 is 4.74 Å². The van der Waals surface area contributed by atoms with Crippen molar-refractivity contribution in [2.24, 2.45) is 0 Å². The van der Waals surface area contributed by atoms with Crippen LogP contribution in [0.2, 0.25) is 0 Å². The number of nitrogens with zero attached hydrogens (tertiary/aromatic N) is 1. The van der Waals surface area contributed by atoms with Gasteiger partial charge < -0.3 is 4.74 Å². The maximum atomic E-state index is 12.8. The highest BCUT2D eigenvalue weighted by Crippen LogP contribution is 2.33. The fourth-order valence-corrected chi connectivity index (χ4v) is 3.97. The van der Waals surface area contributed by atoms with Gasteiger partial charge in [0.25, 0.3) is 0 Å². The minimum atomic E-state index is -4.34. The first-order valence-corrected chi connectivity index (χ1v) is 10.0. The second-order valence-electron chi connectivity index (χ2n) is 6.87. The highest BCUT2D eigenvalue weighted by molar-refractivity contribution is 7.15. The Kier molecular flexibility index (Phi) is 6.13. The van der Waals surface area contributed by atoms with Crippen molar-refractivity contribution in [1.82, 2.24) is 4.98 Å². The molecule has 0 radical (unpaired) electrons. The Bertz CT molecular complexity index is 1030. The highest BCUT2D eigenvalue weighted by Gasteiger charge is 2.30. The van der Waals surface area contributed by atoms with E-state index in [0.29, 0.717) is 17.2 Å². The van der Waals surface area contributed by atoms with Gasteiger partial charge in [0, 0.05) is 5.56 Å². The SMILES string of the molecule is C/C=C\c1cc(OCc2sc(-c3ccc(C(F)(F)F)cc3)nc2C)c(C)cc1C. The minimum Gasteiger partial charge on any atom is -0.488 e. The summed E-state index contributed by atoms with van der Waals surface area (Å²) in [5.41, 5.74) is 4.18. The van der Waals surface area contributed by atoms with Crippen LogP contribution in [0.25, 0.3) is 16.6 Å². The van der Waals surface area contributed by atoms with E-state index in [1.54, 1.807) is 0 Å². The van der Waals surface area contributed by atoms with Crippen molar-refractivity contribution >= 4 is 17.4 Å². The number of hydrogen-bond donors (Lipinski definition) is 0. The zero-order valence-corrected chi connectivity index (χ0v) is 17.5. The lowest BCUT2D eigenvalue weighted by Crippen LogP contribution is -2.03. The molecule has 3 aromatic rings. The fraction of sp³-hybridized carbons (Fsp3) is 0.261. The molecule has 3 rings (SSSR count). The molecule has 1 aromatic heterocycles. The van der Waals surface area contributed by atoms with Gasteiger partial charge in [-0.1, -0.05) is 30.4 Å². The largest absolute Gasteiger partial charge is 0.488 e. The number of benzene rings is 2. The fourth-order valence-electron chi connectivity index (χ4n) is 2.99. The summed E-state index contributed by atoms with van der Waals surface area (Å²) >= 11 is 1.44. The van der Waals surface area contributed by atoms with Crippen molar-refractivity contribution < 1.29 is 17.9 Å². The molecule has 0 bridgehead atoms. The van der Waals surface area contributed by atoms with E-state index in [2.05, 4.69) is 18.0 Å². The van der Waals surface area contributed by atoms with Crippen molar-refractivity contribution in [3.8, 4) is 16.3 Å². The van der Waals surface area contributed by atoms with Crippen molar-refractivity contribution in [2.75, 3.05) is 0 Å². The Morgan fingerprint density at radius 1 is 1.03 bits per heavy atom. The highest BCUT2D eigenvalue weighted by atomic mass is 32.1. The van der Waals surface area contributed by atoms with E-state index in [1.165, 1.54) is 29.0 Å². The molecule has 0 aliphatic rings. The molecule has 0 unspecified atom stereocenters. The molecule has 152 valence electrons. The summed E-state index contributed by atoms with van der Waals surface area (Å²) in [7, 11) is 0. The Morgan fingerprint density at radius 2 is 1.72 bits per heavy atom. The summed E-state index contributed by atoms with van der Waals surface area (Å²) in [4.78, 5) is 5.47. The van der Waals surface area contributed by atoms with Crippen LogP contribution in [-0.2, 0) is 12.8 Å².